The van der Waals surface area contributed by atoms with Gasteiger partial charge in [0.15, 0.2) is 0 Å². The van der Waals surface area contributed by atoms with Gasteiger partial charge in [0.25, 0.3) is 11.5 Å². The molecule has 1 amide bonds. The maximum Gasteiger partial charge on any atom is 0.274 e. The molecule has 3 rings (SSSR count). The fourth-order valence-corrected chi connectivity index (χ4v) is 2.79. The molecule has 1 atom stereocenters. The van der Waals surface area contributed by atoms with E-state index in [-0.39, 0.29) is 23.2 Å². The van der Waals surface area contributed by atoms with Crippen LogP contribution in [0, 0.1) is 0 Å². The van der Waals surface area contributed by atoms with E-state index in [0.29, 0.717) is 6.54 Å². The Balaban J connectivity index is 1.84. The Labute approximate surface area is 127 Å². The van der Waals surface area contributed by atoms with Crippen molar-refractivity contribution in [2.75, 3.05) is 13.7 Å². The molecule has 2 heterocycles. The Morgan fingerprint density at radius 1 is 1.27 bits per heavy atom. The van der Waals surface area contributed by atoms with Gasteiger partial charge in [-0.1, -0.05) is 12.1 Å². The van der Waals surface area contributed by atoms with Gasteiger partial charge in [-0.15, -0.1) is 0 Å². The van der Waals surface area contributed by atoms with Crippen LogP contribution in [0.5, 0.6) is 5.75 Å². The Morgan fingerprint density at radius 3 is 2.68 bits per heavy atom. The number of benzene rings is 1. The number of hydrogen-bond acceptors (Lipinski definition) is 4. The second-order valence-electron chi connectivity index (χ2n) is 5.24. The number of rotatable bonds is 3. The summed E-state index contributed by atoms with van der Waals surface area (Å²) in [5.74, 6) is 0.636. The fraction of sp³-hybridized carbons (Fsp3) is 0.312. The van der Waals surface area contributed by atoms with E-state index < -0.39 is 0 Å². The average molecular weight is 299 g/mol. The number of nitrogens with one attached hydrogen (secondary N) is 1. The normalized spacial score (nSPS) is 17.5. The number of hydrogen-bond donors (Lipinski definition) is 1. The second kappa shape index (κ2) is 6.01. The molecule has 1 aliphatic rings. The van der Waals surface area contributed by atoms with Gasteiger partial charge in [0.1, 0.15) is 11.4 Å². The molecule has 1 aromatic heterocycles. The Hall–Kier alpha value is -2.63. The molecule has 0 radical (unpaired) electrons. The molecular formula is C16H17N3O3. The van der Waals surface area contributed by atoms with Gasteiger partial charge in [-0.25, -0.2) is 5.10 Å². The van der Waals surface area contributed by atoms with Crippen LogP contribution >= 0.6 is 0 Å². The van der Waals surface area contributed by atoms with Crippen LogP contribution in [0.15, 0.2) is 41.2 Å². The Bertz CT molecular complexity index is 704. The van der Waals surface area contributed by atoms with Gasteiger partial charge < -0.3 is 9.64 Å². The highest BCUT2D eigenvalue weighted by Crippen LogP contribution is 2.33. The number of aromatic amines is 1. The van der Waals surface area contributed by atoms with Crippen molar-refractivity contribution >= 4 is 5.91 Å². The number of likely N-dealkylation sites (tertiary alicyclic amines) is 1. The number of amides is 1. The Kier molecular flexibility index (Phi) is 3.91. The minimum absolute atomic E-state index is 0.0344. The number of aromatic nitrogens is 2. The summed E-state index contributed by atoms with van der Waals surface area (Å²) in [4.78, 5) is 25.4. The SMILES string of the molecule is COc1ccc(C2CCCN2C(=O)c2ccc(=O)[nH]n2)cc1. The highest BCUT2D eigenvalue weighted by Gasteiger charge is 2.31. The van der Waals surface area contributed by atoms with E-state index >= 15 is 0 Å². The zero-order valence-corrected chi connectivity index (χ0v) is 12.3. The molecule has 0 bridgehead atoms. The van der Waals surface area contributed by atoms with Crippen LogP contribution in [0.2, 0.25) is 0 Å². The summed E-state index contributed by atoms with van der Waals surface area (Å²) in [7, 11) is 1.63. The lowest BCUT2D eigenvalue weighted by atomic mass is 10.0. The lowest BCUT2D eigenvalue weighted by molar-refractivity contribution is 0.0728. The van der Waals surface area contributed by atoms with Crippen molar-refractivity contribution in [3.8, 4) is 5.75 Å². The van der Waals surface area contributed by atoms with Crippen molar-refractivity contribution < 1.29 is 9.53 Å². The maximum absolute atomic E-state index is 12.6. The summed E-state index contributed by atoms with van der Waals surface area (Å²) >= 11 is 0. The van der Waals surface area contributed by atoms with Gasteiger partial charge in [-0.2, -0.15) is 5.10 Å². The first-order chi connectivity index (χ1) is 10.7. The third-order valence-corrected chi connectivity index (χ3v) is 3.91. The van der Waals surface area contributed by atoms with Crippen molar-refractivity contribution in [2.24, 2.45) is 0 Å². The monoisotopic (exact) mass is 299 g/mol. The molecule has 2 aromatic rings. The van der Waals surface area contributed by atoms with Crippen molar-refractivity contribution in [1.82, 2.24) is 15.1 Å². The molecule has 1 saturated heterocycles. The third kappa shape index (κ3) is 2.72. The minimum atomic E-state index is -0.315. The molecular weight excluding hydrogens is 282 g/mol. The number of H-pyrrole nitrogens is 1. The lowest BCUT2D eigenvalue weighted by Gasteiger charge is -2.24. The minimum Gasteiger partial charge on any atom is -0.497 e. The number of ether oxygens (including phenoxy) is 1. The zero-order valence-electron chi connectivity index (χ0n) is 12.3. The van der Waals surface area contributed by atoms with E-state index in [9.17, 15) is 9.59 Å². The topological polar surface area (TPSA) is 75.3 Å². The largest absolute Gasteiger partial charge is 0.497 e. The standard InChI is InChI=1S/C16H17N3O3/c1-22-12-6-4-11(5-7-12)14-3-2-10-19(14)16(21)13-8-9-15(20)18-17-13/h4-9,14H,2-3,10H2,1H3,(H,18,20). The van der Waals surface area contributed by atoms with Gasteiger partial charge in [0.2, 0.25) is 0 Å². The molecule has 114 valence electrons. The number of carbonyl (C=O) groups excluding carboxylic acids is 1. The van der Waals surface area contributed by atoms with Crippen molar-refractivity contribution in [1.29, 1.82) is 0 Å². The predicted octanol–water partition coefficient (Wildman–Crippen LogP) is 1.76. The van der Waals surface area contributed by atoms with Crippen LogP contribution in [0.3, 0.4) is 0 Å². The van der Waals surface area contributed by atoms with Crippen molar-refractivity contribution in [3.63, 3.8) is 0 Å². The number of carbonyl (C=O) groups is 1. The molecule has 0 aliphatic carbocycles. The van der Waals surface area contributed by atoms with Gasteiger partial charge in [0, 0.05) is 12.6 Å². The Morgan fingerprint density at radius 2 is 2.05 bits per heavy atom. The molecule has 1 aliphatic heterocycles. The first kappa shape index (κ1) is 14.3. The van der Waals surface area contributed by atoms with Crippen LogP contribution in [-0.2, 0) is 0 Å². The van der Waals surface area contributed by atoms with Crippen LogP contribution in [-0.4, -0.2) is 34.7 Å². The molecule has 1 N–H and O–H groups in total. The molecule has 6 nitrogen and oxygen atoms in total. The molecule has 0 spiro atoms. The summed E-state index contributed by atoms with van der Waals surface area (Å²) in [5, 5.41) is 6.13. The van der Waals surface area contributed by atoms with Crippen LogP contribution in [0.4, 0.5) is 0 Å². The summed E-state index contributed by atoms with van der Waals surface area (Å²) in [6.45, 7) is 0.691. The molecule has 22 heavy (non-hydrogen) atoms. The number of methoxy groups -OCH3 is 1. The van der Waals surface area contributed by atoms with Crippen LogP contribution in [0.1, 0.15) is 34.9 Å². The summed E-state index contributed by atoms with van der Waals surface area (Å²) in [6, 6.07) is 10.6. The van der Waals surface area contributed by atoms with Crippen molar-refractivity contribution in [2.45, 2.75) is 18.9 Å². The first-order valence-corrected chi connectivity index (χ1v) is 7.19. The average Bonchev–Trinajstić information content (AvgIpc) is 3.04. The van der Waals surface area contributed by atoms with E-state index in [1.165, 1.54) is 12.1 Å². The van der Waals surface area contributed by atoms with Crippen molar-refractivity contribution in [3.05, 3.63) is 58.0 Å². The zero-order chi connectivity index (χ0) is 15.5. The number of nitrogens with zero attached hydrogens (tertiary/aromatic N) is 2. The quantitative estimate of drug-likeness (QED) is 0.937. The molecule has 0 saturated carbocycles. The van der Waals surface area contributed by atoms with Gasteiger partial charge in [-0.05, 0) is 36.6 Å². The molecule has 6 heteroatoms. The summed E-state index contributed by atoms with van der Waals surface area (Å²) < 4.78 is 5.16. The second-order valence-corrected chi connectivity index (χ2v) is 5.24. The highest BCUT2D eigenvalue weighted by atomic mass is 16.5. The van der Waals surface area contributed by atoms with E-state index in [0.717, 1.165) is 24.2 Å². The first-order valence-electron chi connectivity index (χ1n) is 7.19. The molecule has 1 unspecified atom stereocenters. The van der Waals surface area contributed by atoms with E-state index in [1.54, 1.807) is 7.11 Å². The van der Waals surface area contributed by atoms with E-state index in [1.807, 2.05) is 29.2 Å². The van der Waals surface area contributed by atoms with Gasteiger partial charge in [0.05, 0.1) is 13.2 Å². The van der Waals surface area contributed by atoms with Crippen LogP contribution in [0.25, 0.3) is 0 Å². The fourth-order valence-electron chi connectivity index (χ4n) is 2.79. The highest BCUT2D eigenvalue weighted by molar-refractivity contribution is 5.92. The van der Waals surface area contributed by atoms with Gasteiger partial charge >= 0.3 is 0 Å². The van der Waals surface area contributed by atoms with E-state index in [4.69, 9.17) is 4.74 Å². The van der Waals surface area contributed by atoms with E-state index in [2.05, 4.69) is 10.2 Å². The van der Waals surface area contributed by atoms with Gasteiger partial charge in [-0.3, -0.25) is 9.59 Å². The smallest absolute Gasteiger partial charge is 0.274 e. The molecule has 1 aromatic carbocycles. The lowest BCUT2D eigenvalue weighted by Crippen LogP contribution is -2.31. The predicted molar refractivity (Wildman–Crippen MR) is 80.9 cm³/mol. The maximum atomic E-state index is 12.6. The summed E-state index contributed by atoms with van der Waals surface area (Å²) in [5.41, 5.74) is 1.03. The third-order valence-electron chi connectivity index (χ3n) is 3.91. The summed E-state index contributed by atoms with van der Waals surface area (Å²) in [6.07, 6.45) is 1.87. The van der Waals surface area contributed by atoms with Crippen LogP contribution < -0.4 is 10.3 Å². The molecule has 1 fully saturated rings.